The van der Waals surface area contributed by atoms with E-state index in [1.165, 1.54) is 23.5 Å². The first-order valence-corrected chi connectivity index (χ1v) is 12.8. The summed E-state index contributed by atoms with van der Waals surface area (Å²) in [7, 11) is 1.84. The summed E-state index contributed by atoms with van der Waals surface area (Å²) in [6.07, 6.45) is 2.54. The van der Waals surface area contributed by atoms with E-state index in [2.05, 4.69) is 15.4 Å². The van der Waals surface area contributed by atoms with Gasteiger partial charge in [-0.3, -0.25) is 14.3 Å². The van der Waals surface area contributed by atoms with Crippen molar-refractivity contribution in [2.24, 2.45) is 7.05 Å². The van der Waals surface area contributed by atoms with Crippen LogP contribution in [-0.4, -0.2) is 74.6 Å². The molecule has 36 heavy (non-hydrogen) atoms. The standard InChI is InChI=1S/C26H25FN6O2S/c1-31-22-6-5-17(12-21(22)23(30-31)16-3-2-4-18(27)11-16)25(34)33-14-20(15-33)29-19-7-9-32(13-19)26(35)24-28-8-10-36-24/h2-6,8,10-12,19-20,29H,7,9,13-15H2,1H3/t19-/m0/s1. The van der Waals surface area contributed by atoms with Crippen LogP contribution < -0.4 is 5.32 Å². The molecule has 2 aliphatic heterocycles. The molecule has 2 aliphatic rings. The number of likely N-dealkylation sites (tertiary alicyclic amines) is 2. The Balaban J connectivity index is 1.10. The first-order valence-electron chi connectivity index (χ1n) is 11.9. The molecule has 1 N–H and O–H groups in total. The molecule has 0 saturated carbocycles. The lowest BCUT2D eigenvalue weighted by molar-refractivity contribution is 0.0553. The van der Waals surface area contributed by atoms with Gasteiger partial charge < -0.3 is 15.1 Å². The fraction of sp³-hybridized carbons (Fsp3) is 0.308. The summed E-state index contributed by atoms with van der Waals surface area (Å²) in [5, 5.41) is 11.3. The van der Waals surface area contributed by atoms with Crippen molar-refractivity contribution in [2.75, 3.05) is 26.2 Å². The van der Waals surface area contributed by atoms with E-state index in [-0.39, 0.29) is 29.7 Å². The Hall–Kier alpha value is -3.63. The molecular weight excluding hydrogens is 479 g/mol. The van der Waals surface area contributed by atoms with Crippen LogP contribution in [0.1, 0.15) is 26.6 Å². The number of amides is 2. The van der Waals surface area contributed by atoms with E-state index in [0.29, 0.717) is 48.0 Å². The number of benzene rings is 2. The predicted octanol–water partition coefficient (Wildman–Crippen LogP) is 3.16. The van der Waals surface area contributed by atoms with Gasteiger partial charge in [0.25, 0.3) is 11.8 Å². The van der Waals surface area contributed by atoms with Crippen molar-refractivity contribution < 1.29 is 14.0 Å². The summed E-state index contributed by atoms with van der Waals surface area (Å²) in [5.41, 5.74) is 2.81. The number of hydrogen-bond donors (Lipinski definition) is 1. The number of aryl methyl sites for hydroxylation is 1. The number of thiazole rings is 1. The Bertz CT molecular complexity index is 1450. The Morgan fingerprint density at radius 1 is 1.06 bits per heavy atom. The first kappa shape index (κ1) is 22.8. The number of rotatable bonds is 5. The summed E-state index contributed by atoms with van der Waals surface area (Å²) in [6.45, 7) is 2.61. The molecular formula is C26H25FN6O2S. The van der Waals surface area contributed by atoms with Gasteiger partial charge in [0.1, 0.15) is 11.5 Å². The fourth-order valence-corrected chi connectivity index (χ4v) is 5.66. The second kappa shape index (κ2) is 9.11. The van der Waals surface area contributed by atoms with Crippen LogP contribution in [0, 0.1) is 5.82 Å². The van der Waals surface area contributed by atoms with E-state index < -0.39 is 0 Å². The van der Waals surface area contributed by atoms with Crippen molar-refractivity contribution >= 4 is 34.1 Å². The molecule has 2 amide bonds. The topological polar surface area (TPSA) is 83.4 Å². The molecule has 0 radical (unpaired) electrons. The number of carbonyl (C=O) groups excluding carboxylic acids is 2. The van der Waals surface area contributed by atoms with Gasteiger partial charge in [-0.05, 0) is 36.8 Å². The van der Waals surface area contributed by atoms with E-state index in [4.69, 9.17) is 0 Å². The molecule has 0 spiro atoms. The summed E-state index contributed by atoms with van der Waals surface area (Å²) < 4.78 is 15.6. The van der Waals surface area contributed by atoms with Crippen LogP contribution in [0.2, 0.25) is 0 Å². The molecule has 0 aliphatic carbocycles. The maximum absolute atomic E-state index is 13.8. The average Bonchev–Trinajstić information content (AvgIpc) is 3.61. The number of carbonyl (C=O) groups is 2. The lowest BCUT2D eigenvalue weighted by atomic mass is 10.0. The van der Waals surface area contributed by atoms with Gasteiger partial charge in [0.2, 0.25) is 0 Å². The molecule has 4 heterocycles. The van der Waals surface area contributed by atoms with E-state index in [0.717, 1.165) is 17.3 Å². The maximum Gasteiger partial charge on any atom is 0.282 e. The summed E-state index contributed by atoms with van der Waals surface area (Å²) in [5.74, 6) is -0.366. The highest BCUT2D eigenvalue weighted by Crippen LogP contribution is 2.29. The lowest BCUT2D eigenvalue weighted by Crippen LogP contribution is -2.62. The minimum absolute atomic E-state index is 0.0110. The highest BCUT2D eigenvalue weighted by atomic mass is 32.1. The minimum atomic E-state index is -0.324. The van der Waals surface area contributed by atoms with Crippen LogP contribution in [-0.2, 0) is 7.05 Å². The molecule has 2 aromatic heterocycles. The molecule has 4 aromatic rings. The third kappa shape index (κ3) is 4.16. The molecule has 6 rings (SSSR count). The predicted molar refractivity (Wildman–Crippen MR) is 135 cm³/mol. The zero-order valence-corrected chi connectivity index (χ0v) is 20.5. The third-order valence-electron chi connectivity index (χ3n) is 6.93. The van der Waals surface area contributed by atoms with Gasteiger partial charge >= 0.3 is 0 Å². The van der Waals surface area contributed by atoms with Crippen molar-refractivity contribution in [3.63, 3.8) is 0 Å². The zero-order chi connectivity index (χ0) is 24.8. The third-order valence-corrected chi connectivity index (χ3v) is 7.69. The van der Waals surface area contributed by atoms with Gasteiger partial charge in [0.15, 0.2) is 5.01 Å². The smallest absolute Gasteiger partial charge is 0.282 e. The van der Waals surface area contributed by atoms with Crippen LogP contribution in [0.4, 0.5) is 4.39 Å². The van der Waals surface area contributed by atoms with Crippen molar-refractivity contribution in [1.29, 1.82) is 0 Å². The van der Waals surface area contributed by atoms with Crippen LogP contribution in [0.15, 0.2) is 54.0 Å². The van der Waals surface area contributed by atoms with Crippen molar-refractivity contribution in [1.82, 2.24) is 29.9 Å². The zero-order valence-electron chi connectivity index (χ0n) is 19.7. The highest BCUT2D eigenvalue weighted by molar-refractivity contribution is 7.11. The van der Waals surface area contributed by atoms with Gasteiger partial charge in [-0.15, -0.1) is 11.3 Å². The van der Waals surface area contributed by atoms with Gasteiger partial charge in [0.05, 0.1) is 5.52 Å². The molecule has 2 aromatic carbocycles. The normalized spacial score (nSPS) is 18.1. The van der Waals surface area contributed by atoms with Crippen LogP contribution >= 0.6 is 11.3 Å². The molecule has 8 nitrogen and oxygen atoms in total. The highest BCUT2D eigenvalue weighted by Gasteiger charge is 2.35. The monoisotopic (exact) mass is 504 g/mol. The molecule has 2 saturated heterocycles. The number of hydrogen-bond acceptors (Lipinski definition) is 6. The molecule has 184 valence electrons. The van der Waals surface area contributed by atoms with Crippen LogP contribution in [0.5, 0.6) is 0 Å². The first-order chi connectivity index (χ1) is 17.5. The Morgan fingerprint density at radius 3 is 2.67 bits per heavy atom. The van der Waals surface area contributed by atoms with Gasteiger partial charge in [0, 0.05) is 73.4 Å². The van der Waals surface area contributed by atoms with Gasteiger partial charge in [-0.2, -0.15) is 5.10 Å². The summed E-state index contributed by atoms with van der Waals surface area (Å²) in [6, 6.07) is 12.3. The van der Waals surface area contributed by atoms with E-state index in [1.54, 1.807) is 16.9 Å². The minimum Gasteiger partial charge on any atom is -0.335 e. The van der Waals surface area contributed by atoms with Crippen molar-refractivity contribution in [3.05, 3.63) is 70.4 Å². The number of nitrogens with zero attached hydrogens (tertiary/aromatic N) is 5. The molecule has 0 unspecified atom stereocenters. The number of nitrogens with one attached hydrogen (secondary N) is 1. The van der Waals surface area contributed by atoms with Gasteiger partial charge in [-0.25, -0.2) is 9.37 Å². The summed E-state index contributed by atoms with van der Waals surface area (Å²) >= 11 is 1.36. The van der Waals surface area contributed by atoms with E-state index in [9.17, 15) is 14.0 Å². The second-order valence-corrected chi connectivity index (χ2v) is 10.3. The Kier molecular flexibility index (Phi) is 5.77. The Labute approximate surface area is 211 Å². The number of aromatic nitrogens is 3. The van der Waals surface area contributed by atoms with E-state index in [1.807, 2.05) is 46.5 Å². The van der Waals surface area contributed by atoms with Crippen LogP contribution in [0.3, 0.4) is 0 Å². The van der Waals surface area contributed by atoms with E-state index >= 15 is 0 Å². The lowest BCUT2D eigenvalue weighted by Gasteiger charge is -2.41. The SMILES string of the molecule is Cn1nc(-c2cccc(F)c2)c2cc(C(=O)N3CC(N[C@H]4CCN(C(=O)c5nccs5)C4)C3)ccc21. The van der Waals surface area contributed by atoms with Crippen molar-refractivity contribution in [3.8, 4) is 11.3 Å². The number of halogens is 1. The fourth-order valence-electron chi connectivity index (χ4n) is 5.06. The number of fused-ring (bicyclic) bond motifs is 1. The average molecular weight is 505 g/mol. The maximum atomic E-state index is 13.8. The quantitative estimate of drug-likeness (QED) is 0.452. The van der Waals surface area contributed by atoms with Crippen LogP contribution in [0.25, 0.3) is 22.2 Å². The Morgan fingerprint density at radius 2 is 1.89 bits per heavy atom. The summed E-state index contributed by atoms with van der Waals surface area (Å²) in [4.78, 5) is 33.5. The molecule has 2 fully saturated rings. The van der Waals surface area contributed by atoms with Crippen molar-refractivity contribution in [2.45, 2.75) is 18.5 Å². The molecule has 10 heteroatoms. The van der Waals surface area contributed by atoms with Gasteiger partial charge in [-0.1, -0.05) is 12.1 Å². The second-order valence-electron chi connectivity index (χ2n) is 9.36. The molecule has 1 atom stereocenters. The molecule has 0 bridgehead atoms. The largest absolute Gasteiger partial charge is 0.335 e.